The zero-order valence-corrected chi connectivity index (χ0v) is 9.94. The summed E-state index contributed by atoms with van der Waals surface area (Å²) in [4.78, 5) is 4.06. The highest BCUT2D eigenvalue weighted by Gasteiger charge is 2.17. The standard InChI is InChI=1S/C11H12FN3O3/c1-16-5-9-14-11(15-18-9)7-3-6(12)4-8(13)10(7)17-2/h3-4H,5,13H2,1-2H3. The highest BCUT2D eigenvalue weighted by Crippen LogP contribution is 2.34. The minimum absolute atomic E-state index is 0.172. The summed E-state index contributed by atoms with van der Waals surface area (Å²) >= 11 is 0. The Labute approximate surface area is 103 Å². The first-order chi connectivity index (χ1) is 8.65. The van der Waals surface area contributed by atoms with E-state index < -0.39 is 5.82 Å². The molecule has 96 valence electrons. The Hall–Kier alpha value is -2.15. The summed E-state index contributed by atoms with van der Waals surface area (Å²) in [6, 6.07) is 2.40. The summed E-state index contributed by atoms with van der Waals surface area (Å²) in [6.45, 7) is 0.181. The number of halogens is 1. The molecule has 6 nitrogen and oxygen atoms in total. The summed E-state index contributed by atoms with van der Waals surface area (Å²) < 4.78 is 28.2. The molecule has 0 fully saturated rings. The van der Waals surface area contributed by atoms with Crippen molar-refractivity contribution >= 4 is 5.69 Å². The Bertz CT molecular complexity index is 556. The molecule has 0 aliphatic heterocycles. The number of anilines is 1. The number of benzene rings is 1. The van der Waals surface area contributed by atoms with E-state index in [-0.39, 0.29) is 24.0 Å². The Morgan fingerprint density at radius 3 is 2.83 bits per heavy atom. The van der Waals surface area contributed by atoms with Gasteiger partial charge in [-0.15, -0.1) is 0 Å². The van der Waals surface area contributed by atoms with Gasteiger partial charge in [-0.2, -0.15) is 4.98 Å². The zero-order chi connectivity index (χ0) is 13.1. The van der Waals surface area contributed by atoms with Crippen LogP contribution in [0.5, 0.6) is 5.75 Å². The summed E-state index contributed by atoms with van der Waals surface area (Å²) in [5.41, 5.74) is 6.17. The molecule has 1 aromatic carbocycles. The van der Waals surface area contributed by atoms with E-state index in [0.717, 1.165) is 0 Å². The fraction of sp³-hybridized carbons (Fsp3) is 0.273. The van der Waals surface area contributed by atoms with Gasteiger partial charge in [0, 0.05) is 13.2 Å². The molecule has 7 heteroatoms. The quantitative estimate of drug-likeness (QED) is 0.833. The summed E-state index contributed by atoms with van der Waals surface area (Å²) in [5.74, 6) is 0.296. The second-order valence-corrected chi connectivity index (χ2v) is 3.52. The first kappa shape index (κ1) is 12.3. The van der Waals surface area contributed by atoms with Crippen LogP contribution in [0.15, 0.2) is 16.7 Å². The molecule has 0 radical (unpaired) electrons. The van der Waals surface area contributed by atoms with E-state index in [4.69, 9.17) is 19.7 Å². The van der Waals surface area contributed by atoms with Gasteiger partial charge in [-0.3, -0.25) is 0 Å². The number of nitrogen functional groups attached to an aromatic ring is 1. The van der Waals surface area contributed by atoms with Crippen molar-refractivity contribution in [2.45, 2.75) is 6.61 Å². The Balaban J connectivity index is 2.48. The number of nitrogens with two attached hydrogens (primary N) is 1. The molecule has 2 N–H and O–H groups in total. The van der Waals surface area contributed by atoms with Crippen LogP contribution in [0, 0.1) is 5.82 Å². The van der Waals surface area contributed by atoms with E-state index in [2.05, 4.69) is 10.1 Å². The van der Waals surface area contributed by atoms with Crippen LogP contribution in [0.2, 0.25) is 0 Å². The Kier molecular flexibility index (Phi) is 3.42. The largest absolute Gasteiger partial charge is 0.494 e. The predicted octanol–water partition coefficient (Wildman–Crippen LogP) is 1.61. The van der Waals surface area contributed by atoms with Gasteiger partial charge in [-0.1, -0.05) is 5.16 Å². The molecule has 0 unspecified atom stereocenters. The van der Waals surface area contributed by atoms with E-state index in [1.54, 1.807) is 0 Å². The molecular formula is C11H12FN3O3. The van der Waals surface area contributed by atoms with E-state index >= 15 is 0 Å². The van der Waals surface area contributed by atoms with Gasteiger partial charge in [0.25, 0.3) is 5.89 Å². The lowest BCUT2D eigenvalue weighted by molar-refractivity contribution is 0.151. The summed E-state index contributed by atoms with van der Waals surface area (Å²) in [6.07, 6.45) is 0. The lowest BCUT2D eigenvalue weighted by Gasteiger charge is -2.08. The minimum atomic E-state index is -0.499. The lowest BCUT2D eigenvalue weighted by atomic mass is 10.1. The lowest BCUT2D eigenvalue weighted by Crippen LogP contribution is -1.97. The first-order valence-corrected chi connectivity index (χ1v) is 5.10. The fourth-order valence-corrected chi connectivity index (χ4v) is 1.55. The van der Waals surface area contributed by atoms with E-state index in [0.29, 0.717) is 11.3 Å². The molecule has 0 saturated carbocycles. The van der Waals surface area contributed by atoms with E-state index in [1.165, 1.54) is 26.4 Å². The van der Waals surface area contributed by atoms with Gasteiger partial charge >= 0.3 is 0 Å². The van der Waals surface area contributed by atoms with Crippen molar-refractivity contribution in [1.82, 2.24) is 10.1 Å². The van der Waals surface area contributed by atoms with Crippen LogP contribution in [-0.2, 0) is 11.3 Å². The first-order valence-electron chi connectivity index (χ1n) is 5.10. The van der Waals surface area contributed by atoms with Crippen LogP contribution < -0.4 is 10.5 Å². The molecule has 1 aromatic heterocycles. The Morgan fingerprint density at radius 1 is 1.39 bits per heavy atom. The van der Waals surface area contributed by atoms with Crippen molar-refractivity contribution in [2.24, 2.45) is 0 Å². The maximum atomic E-state index is 13.3. The number of hydrogen-bond acceptors (Lipinski definition) is 6. The van der Waals surface area contributed by atoms with Crippen molar-refractivity contribution in [2.75, 3.05) is 20.0 Å². The monoisotopic (exact) mass is 253 g/mol. The van der Waals surface area contributed by atoms with Gasteiger partial charge in [-0.25, -0.2) is 4.39 Å². The molecule has 0 aliphatic carbocycles. The molecule has 0 amide bonds. The number of hydrogen-bond donors (Lipinski definition) is 1. The van der Waals surface area contributed by atoms with Crippen molar-refractivity contribution in [3.8, 4) is 17.1 Å². The number of rotatable bonds is 4. The molecule has 18 heavy (non-hydrogen) atoms. The second kappa shape index (κ2) is 5.01. The SMILES string of the molecule is COCc1nc(-c2cc(F)cc(N)c2OC)no1. The topological polar surface area (TPSA) is 83.4 Å². The molecular weight excluding hydrogens is 241 g/mol. The maximum Gasteiger partial charge on any atom is 0.252 e. The number of methoxy groups -OCH3 is 2. The fourth-order valence-electron chi connectivity index (χ4n) is 1.55. The molecule has 2 rings (SSSR count). The van der Waals surface area contributed by atoms with E-state index in [9.17, 15) is 4.39 Å². The van der Waals surface area contributed by atoms with Crippen LogP contribution in [0.3, 0.4) is 0 Å². The summed E-state index contributed by atoms with van der Waals surface area (Å²) in [5, 5.41) is 3.73. The maximum absolute atomic E-state index is 13.3. The van der Waals surface area contributed by atoms with Crippen molar-refractivity contribution in [3.63, 3.8) is 0 Å². The van der Waals surface area contributed by atoms with Crippen LogP contribution in [0.1, 0.15) is 5.89 Å². The van der Waals surface area contributed by atoms with Gasteiger partial charge in [0.1, 0.15) is 12.4 Å². The predicted molar refractivity (Wildman–Crippen MR) is 61.4 cm³/mol. The molecule has 0 aliphatic rings. The molecule has 0 saturated heterocycles. The number of aromatic nitrogens is 2. The van der Waals surface area contributed by atoms with Crippen LogP contribution in [-0.4, -0.2) is 24.4 Å². The number of nitrogens with zero attached hydrogens (tertiary/aromatic N) is 2. The van der Waals surface area contributed by atoms with Crippen LogP contribution in [0.25, 0.3) is 11.4 Å². The van der Waals surface area contributed by atoms with Crippen molar-refractivity contribution in [1.29, 1.82) is 0 Å². The average molecular weight is 253 g/mol. The third kappa shape index (κ3) is 2.25. The molecule has 0 bridgehead atoms. The smallest absolute Gasteiger partial charge is 0.252 e. The third-order valence-electron chi connectivity index (χ3n) is 2.26. The molecule has 0 spiro atoms. The zero-order valence-electron chi connectivity index (χ0n) is 9.94. The molecule has 1 heterocycles. The highest BCUT2D eigenvalue weighted by atomic mass is 19.1. The van der Waals surface area contributed by atoms with Gasteiger partial charge in [0.05, 0.1) is 18.4 Å². The van der Waals surface area contributed by atoms with Gasteiger partial charge in [0.2, 0.25) is 5.82 Å². The number of ether oxygens (including phenoxy) is 2. The second-order valence-electron chi connectivity index (χ2n) is 3.52. The van der Waals surface area contributed by atoms with Crippen LogP contribution in [0.4, 0.5) is 10.1 Å². The van der Waals surface area contributed by atoms with Gasteiger partial charge in [-0.05, 0) is 6.07 Å². The van der Waals surface area contributed by atoms with Crippen molar-refractivity contribution < 1.29 is 18.4 Å². The van der Waals surface area contributed by atoms with E-state index in [1.807, 2.05) is 0 Å². The average Bonchev–Trinajstić information content (AvgIpc) is 2.77. The molecule has 0 atom stereocenters. The van der Waals surface area contributed by atoms with Crippen molar-refractivity contribution in [3.05, 3.63) is 23.8 Å². The minimum Gasteiger partial charge on any atom is -0.494 e. The van der Waals surface area contributed by atoms with Crippen LogP contribution >= 0.6 is 0 Å². The Morgan fingerprint density at radius 2 is 2.17 bits per heavy atom. The third-order valence-corrected chi connectivity index (χ3v) is 2.26. The molecule has 2 aromatic rings. The summed E-state index contributed by atoms with van der Waals surface area (Å²) in [7, 11) is 2.94. The normalized spacial score (nSPS) is 10.6. The highest BCUT2D eigenvalue weighted by molar-refractivity contribution is 5.73. The van der Waals surface area contributed by atoms with Gasteiger partial charge in [0.15, 0.2) is 5.75 Å². The van der Waals surface area contributed by atoms with Gasteiger partial charge < -0.3 is 19.7 Å².